The molecule has 5 rings (SSSR count). The molecule has 0 aliphatic carbocycles. The van der Waals surface area contributed by atoms with Crippen LogP contribution in [0.1, 0.15) is 25.7 Å². The maximum Gasteiger partial charge on any atom is 0.233 e. The van der Waals surface area contributed by atoms with Gasteiger partial charge in [-0.25, -0.2) is 4.98 Å². The highest BCUT2D eigenvalue weighted by atomic mass is 16.5. The molecular weight excluding hydrogens is 342 g/mol. The summed E-state index contributed by atoms with van der Waals surface area (Å²) in [6.45, 7) is 0. The predicted molar refractivity (Wildman–Crippen MR) is 99.9 cm³/mol. The second-order valence-electron chi connectivity index (χ2n) is 7.28. The van der Waals surface area contributed by atoms with E-state index in [1.807, 2.05) is 35.0 Å². The third-order valence-corrected chi connectivity index (χ3v) is 5.42. The summed E-state index contributed by atoms with van der Waals surface area (Å²) >= 11 is 0. The molecule has 0 spiro atoms. The molecule has 2 aliphatic rings. The average Bonchev–Trinajstić information content (AvgIpc) is 3.32. The molecule has 4 heterocycles. The molecule has 2 aliphatic heterocycles. The van der Waals surface area contributed by atoms with Gasteiger partial charge in [-0.15, -0.1) is 10.2 Å². The Morgan fingerprint density at radius 1 is 1.07 bits per heavy atom. The molecule has 2 fully saturated rings. The van der Waals surface area contributed by atoms with Crippen molar-refractivity contribution in [3.05, 3.63) is 49.1 Å². The lowest BCUT2D eigenvalue weighted by Gasteiger charge is -2.28. The summed E-state index contributed by atoms with van der Waals surface area (Å²) in [7, 11) is 0. The lowest BCUT2D eigenvalue weighted by atomic mass is 10.0. The van der Waals surface area contributed by atoms with Crippen molar-refractivity contribution in [2.75, 3.05) is 0 Å². The number of nitrogens with one attached hydrogen (secondary N) is 1. The van der Waals surface area contributed by atoms with Gasteiger partial charge in [0.15, 0.2) is 0 Å². The Bertz CT molecular complexity index is 914. The molecule has 1 unspecified atom stereocenters. The Morgan fingerprint density at radius 3 is 2.59 bits per heavy atom. The van der Waals surface area contributed by atoms with Gasteiger partial charge in [-0.2, -0.15) is 0 Å². The van der Waals surface area contributed by atoms with Crippen molar-refractivity contribution in [3.8, 4) is 28.6 Å². The molecule has 7 heteroatoms. The Balaban J connectivity index is 1.31. The summed E-state index contributed by atoms with van der Waals surface area (Å²) in [5.74, 6) is 0.693. The number of aromatic hydroxyl groups is 1. The van der Waals surface area contributed by atoms with Crippen molar-refractivity contribution in [2.24, 2.45) is 0 Å². The van der Waals surface area contributed by atoms with Crippen LogP contribution in [-0.4, -0.2) is 43.0 Å². The zero-order chi connectivity index (χ0) is 18.2. The first-order chi connectivity index (χ1) is 13.2. The van der Waals surface area contributed by atoms with E-state index in [9.17, 15) is 5.11 Å². The van der Waals surface area contributed by atoms with Crippen LogP contribution in [0.3, 0.4) is 0 Å². The van der Waals surface area contributed by atoms with Crippen LogP contribution >= 0.6 is 0 Å². The van der Waals surface area contributed by atoms with Gasteiger partial charge in [0.05, 0.1) is 17.7 Å². The number of fused-ring (bicyclic) bond motifs is 2. The monoisotopic (exact) mass is 363 g/mol. The zero-order valence-electron chi connectivity index (χ0n) is 14.8. The second-order valence-corrected chi connectivity index (χ2v) is 7.28. The fourth-order valence-corrected chi connectivity index (χ4v) is 4.11. The summed E-state index contributed by atoms with van der Waals surface area (Å²) in [6, 6.07) is 10.2. The highest BCUT2D eigenvalue weighted by Crippen LogP contribution is 2.31. The summed E-state index contributed by atoms with van der Waals surface area (Å²) in [5, 5.41) is 22.5. The lowest BCUT2D eigenvalue weighted by molar-refractivity contribution is 0.130. The van der Waals surface area contributed by atoms with Crippen molar-refractivity contribution < 1.29 is 9.84 Å². The van der Waals surface area contributed by atoms with E-state index < -0.39 is 0 Å². The third-order valence-electron chi connectivity index (χ3n) is 5.42. The molecule has 0 radical (unpaired) electrons. The van der Waals surface area contributed by atoms with E-state index in [1.54, 1.807) is 18.6 Å². The highest BCUT2D eigenvalue weighted by Gasteiger charge is 2.34. The van der Waals surface area contributed by atoms with Crippen LogP contribution in [0.25, 0.3) is 16.9 Å². The standard InChI is InChI=1S/C20H21N5O2/c26-19-11-15(25-8-7-21-12-25)3-4-17(19)18-5-6-20(24-23-18)27-16-9-13-1-2-14(10-16)22-13/h3-8,11-14,16,22,26H,1-2,9-10H2/t13-,14?,16-/m1/s1. The number of rotatable bonds is 4. The van der Waals surface area contributed by atoms with Gasteiger partial charge in [-0.1, -0.05) is 0 Å². The summed E-state index contributed by atoms with van der Waals surface area (Å²) in [4.78, 5) is 4.02. The number of ether oxygens (including phenoxy) is 1. The first kappa shape index (κ1) is 16.3. The van der Waals surface area contributed by atoms with Crippen LogP contribution in [0.5, 0.6) is 11.6 Å². The van der Waals surface area contributed by atoms with Gasteiger partial charge in [0.2, 0.25) is 5.88 Å². The summed E-state index contributed by atoms with van der Waals surface area (Å²) < 4.78 is 7.87. The van der Waals surface area contributed by atoms with E-state index >= 15 is 0 Å². The molecule has 2 N–H and O–H groups in total. The van der Waals surface area contributed by atoms with Crippen molar-refractivity contribution in [1.82, 2.24) is 25.1 Å². The lowest BCUT2D eigenvalue weighted by Crippen LogP contribution is -2.42. The molecule has 2 saturated heterocycles. The first-order valence-electron chi connectivity index (χ1n) is 9.33. The van der Waals surface area contributed by atoms with Gasteiger partial charge in [-0.3, -0.25) is 0 Å². The maximum absolute atomic E-state index is 10.4. The van der Waals surface area contributed by atoms with Crippen molar-refractivity contribution in [1.29, 1.82) is 0 Å². The SMILES string of the molecule is Oc1cc(-n2ccnc2)ccc1-c1ccc(O[C@H]2CC3CC[C@H](C2)N3)nn1. The fraction of sp³-hybridized carbons (Fsp3) is 0.350. The molecule has 0 saturated carbocycles. The van der Waals surface area contributed by atoms with Crippen LogP contribution in [0.4, 0.5) is 0 Å². The number of nitrogens with zero attached hydrogens (tertiary/aromatic N) is 4. The van der Waals surface area contributed by atoms with Gasteiger partial charge < -0.3 is 19.7 Å². The number of aromatic nitrogens is 4. The third kappa shape index (κ3) is 3.26. The number of hydrogen-bond donors (Lipinski definition) is 2. The normalized spacial score (nSPS) is 24.1. The van der Waals surface area contributed by atoms with E-state index in [4.69, 9.17) is 4.74 Å². The smallest absolute Gasteiger partial charge is 0.233 e. The van der Waals surface area contributed by atoms with Crippen molar-refractivity contribution in [2.45, 2.75) is 43.9 Å². The molecular formula is C20H21N5O2. The van der Waals surface area contributed by atoms with Crippen molar-refractivity contribution in [3.63, 3.8) is 0 Å². The second kappa shape index (κ2) is 6.66. The van der Waals surface area contributed by atoms with E-state index in [0.29, 0.717) is 29.2 Å². The quantitative estimate of drug-likeness (QED) is 0.741. The molecule has 27 heavy (non-hydrogen) atoms. The Morgan fingerprint density at radius 2 is 1.93 bits per heavy atom. The van der Waals surface area contributed by atoms with E-state index in [0.717, 1.165) is 18.5 Å². The molecule has 3 atom stereocenters. The zero-order valence-corrected chi connectivity index (χ0v) is 14.8. The van der Waals surface area contributed by atoms with E-state index in [2.05, 4.69) is 20.5 Å². The number of piperidine rings is 1. The molecule has 7 nitrogen and oxygen atoms in total. The van der Waals surface area contributed by atoms with Crippen molar-refractivity contribution >= 4 is 0 Å². The predicted octanol–water partition coefficient (Wildman–Crippen LogP) is 2.70. The number of phenols is 1. The van der Waals surface area contributed by atoms with E-state index in [1.165, 1.54) is 12.8 Å². The van der Waals surface area contributed by atoms with Gasteiger partial charge in [-0.05, 0) is 43.9 Å². The Kier molecular flexibility index (Phi) is 4.01. The highest BCUT2D eigenvalue weighted by molar-refractivity contribution is 5.68. The number of phenolic OH excluding ortho intramolecular Hbond substituents is 1. The minimum Gasteiger partial charge on any atom is -0.507 e. The first-order valence-corrected chi connectivity index (χ1v) is 9.33. The minimum absolute atomic E-state index is 0.152. The molecule has 2 bridgehead atoms. The fourth-order valence-electron chi connectivity index (χ4n) is 4.11. The molecule has 138 valence electrons. The number of benzene rings is 1. The molecule has 0 amide bonds. The molecule has 2 aromatic heterocycles. The van der Waals surface area contributed by atoms with E-state index in [-0.39, 0.29) is 11.9 Å². The molecule has 1 aromatic carbocycles. The van der Waals surface area contributed by atoms with Gasteiger partial charge in [0.1, 0.15) is 11.9 Å². The molecule has 3 aromatic rings. The minimum atomic E-state index is 0.152. The maximum atomic E-state index is 10.4. The van der Waals surface area contributed by atoms with Crippen LogP contribution in [0.2, 0.25) is 0 Å². The Labute approximate surface area is 157 Å². The number of imidazole rings is 1. The van der Waals surface area contributed by atoms with Crippen LogP contribution in [-0.2, 0) is 0 Å². The van der Waals surface area contributed by atoms with Gasteiger partial charge in [0, 0.05) is 42.2 Å². The van der Waals surface area contributed by atoms with Gasteiger partial charge >= 0.3 is 0 Å². The Hall–Kier alpha value is -2.93. The number of hydrogen-bond acceptors (Lipinski definition) is 6. The van der Waals surface area contributed by atoms with Crippen LogP contribution in [0.15, 0.2) is 49.1 Å². The van der Waals surface area contributed by atoms with Crippen LogP contribution < -0.4 is 10.1 Å². The van der Waals surface area contributed by atoms with Gasteiger partial charge in [0.25, 0.3) is 0 Å². The summed E-state index contributed by atoms with van der Waals surface area (Å²) in [5.41, 5.74) is 2.09. The van der Waals surface area contributed by atoms with Crippen LogP contribution in [0, 0.1) is 0 Å². The largest absolute Gasteiger partial charge is 0.507 e. The average molecular weight is 363 g/mol. The summed E-state index contributed by atoms with van der Waals surface area (Å²) in [6.07, 6.45) is 9.94. The topological polar surface area (TPSA) is 85.1 Å².